The van der Waals surface area contributed by atoms with Gasteiger partial charge in [-0.15, -0.1) is 23.4 Å². The Hall–Kier alpha value is -1.86. The van der Waals surface area contributed by atoms with Crippen molar-refractivity contribution in [1.29, 1.82) is 0 Å². The standard InChI is InChI=1S/C9H9F3N4O/c1-5(2)7-14-15-8(17-7)6-3-13-16(4-6)9(10,11)12/h3-5H,1-2H3. The summed E-state index contributed by atoms with van der Waals surface area (Å²) in [6.07, 6.45) is -2.71. The van der Waals surface area contributed by atoms with Gasteiger partial charge in [-0.25, -0.2) is 0 Å². The fourth-order valence-electron chi connectivity index (χ4n) is 1.16. The van der Waals surface area contributed by atoms with Gasteiger partial charge in [0, 0.05) is 12.1 Å². The first-order valence-electron chi connectivity index (χ1n) is 4.83. The molecule has 8 heteroatoms. The van der Waals surface area contributed by atoms with Crippen LogP contribution < -0.4 is 0 Å². The number of alkyl halides is 3. The minimum atomic E-state index is -4.54. The first-order valence-corrected chi connectivity index (χ1v) is 4.83. The molecular formula is C9H9F3N4O. The molecule has 0 fully saturated rings. The Morgan fingerprint density at radius 2 is 2.00 bits per heavy atom. The fraction of sp³-hybridized carbons (Fsp3) is 0.444. The van der Waals surface area contributed by atoms with Crippen LogP contribution in [0.2, 0.25) is 0 Å². The molecule has 2 aromatic heterocycles. The molecule has 0 saturated carbocycles. The SMILES string of the molecule is CC(C)c1nnc(-c2cnn(C(F)(F)F)c2)o1. The number of hydrogen-bond donors (Lipinski definition) is 0. The van der Waals surface area contributed by atoms with Crippen molar-refractivity contribution in [2.75, 3.05) is 0 Å². The lowest BCUT2D eigenvalue weighted by atomic mass is 10.2. The molecule has 0 amide bonds. The monoisotopic (exact) mass is 246 g/mol. The Labute approximate surface area is 94.3 Å². The largest absolute Gasteiger partial charge is 0.504 e. The van der Waals surface area contributed by atoms with E-state index in [9.17, 15) is 13.2 Å². The zero-order chi connectivity index (χ0) is 12.6. The maximum atomic E-state index is 12.3. The Kier molecular flexibility index (Phi) is 2.64. The van der Waals surface area contributed by atoms with Crippen LogP contribution in [0.5, 0.6) is 0 Å². The number of rotatable bonds is 2. The molecule has 2 heterocycles. The molecule has 0 atom stereocenters. The van der Waals surface area contributed by atoms with Crippen molar-refractivity contribution in [3.63, 3.8) is 0 Å². The number of halogens is 3. The van der Waals surface area contributed by atoms with E-state index in [2.05, 4.69) is 15.3 Å². The van der Waals surface area contributed by atoms with Crippen LogP contribution in [0.4, 0.5) is 13.2 Å². The highest BCUT2D eigenvalue weighted by atomic mass is 19.4. The molecule has 17 heavy (non-hydrogen) atoms. The van der Waals surface area contributed by atoms with Crippen LogP contribution in [-0.4, -0.2) is 20.0 Å². The lowest BCUT2D eigenvalue weighted by Crippen LogP contribution is -2.16. The molecule has 5 nitrogen and oxygen atoms in total. The van der Waals surface area contributed by atoms with Gasteiger partial charge >= 0.3 is 6.30 Å². The van der Waals surface area contributed by atoms with Gasteiger partial charge in [0.05, 0.1) is 11.8 Å². The normalized spacial score (nSPS) is 12.4. The summed E-state index contributed by atoms with van der Waals surface area (Å²) in [6.45, 7) is 3.69. The third-order valence-corrected chi connectivity index (χ3v) is 2.02. The summed E-state index contributed by atoms with van der Waals surface area (Å²) in [4.78, 5) is 0. The highest BCUT2D eigenvalue weighted by Gasteiger charge is 2.32. The quantitative estimate of drug-likeness (QED) is 0.817. The number of hydrogen-bond acceptors (Lipinski definition) is 4. The Morgan fingerprint density at radius 1 is 1.29 bits per heavy atom. The second-order valence-electron chi connectivity index (χ2n) is 3.74. The minimum absolute atomic E-state index is 0.0221. The van der Waals surface area contributed by atoms with E-state index in [4.69, 9.17) is 4.42 Å². The van der Waals surface area contributed by atoms with Crippen LogP contribution in [0.3, 0.4) is 0 Å². The summed E-state index contributed by atoms with van der Waals surface area (Å²) >= 11 is 0. The third kappa shape index (κ3) is 2.29. The van der Waals surface area contributed by atoms with Gasteiger partial charge in [0.1, 0.15) is 0 Å². The summed E-state index contributed by atoms with van der Waals surface area (Å²) in [6, 6.07) is 0. The van der Waals surface area contributed by atoms with Crippen LogP contribution in [0, 0.1) is 0 Å². The molecule has 0 aliphatic heterocycles. The molecule has 0 radical (unpaired) electrons. The molecule has 0 spiro atoms. The topological polar surface area (TPSA) is 56.7 Å². The van der Waals surface area contributed by atoms with Crippen LogP contribution in [0.25, 0.3) is 11.5 Å². The van der Waals surface area contributed by atoms with E-state index < -0.39 is 6.30 Å². The molecular weight excluding hydrogens is 237 g/mol. The molecule has 0 aliphatic rings. The summed E-state index contributed by atoms with van der Waals surface area (Å²) in [5.74, 6) is 0.429. The van der Waals surface area contributed by atoms with Crippen LogP contribution in [-0.2, 0) is 6.30 Å². The number of aromatic nitrogens is 4. The van der Waals surface area contributed by atoms with Crippen molar-refractivity contribution in [2.45, 2.75) is 26.1 Å². The van der Waals surface area contributed by atoms with Crippen molar-refractivity contribution in [3.8, 4) is 11.5 Å². The maximum absolute atomic E-state index is 12.3. The second kappa shape index (κ2) is 3.86. The van der Waals surface area contributed by atoms with Crippen molar-refractivity contribution >= 4 is 0 Å². The van der Waals surface area contributed by atoms with E-state index >= 15 is 0 Å². The minimum Gasteiger partial charge on any atom is -0.420 e. The van der Waals surface area contributed by atoms with Crippen molar-refractivity contribution in [1.82, 2.24) is 20.0 Å². The van der Waals surface area contributed by atoms with Crippen LogP contribution in [0.1, 0.15) is 25.7 Å². The molecule has 0 saturated heterocycles. The fourth-order valence-corrected chi connectivity index (χ4v) is 1.16. The molecule has 0 N–H and O–H groups in total. The molecule has 2 rings (SSSR count). The van der Waals surface area contributed by atoms with Gasteiger partial charge in [0.2, 0.25) is 5.89 Å². The van der Waals surface area contributed by atoms with Gasteiger partial charge in [0.15, 0.2) is 0 Å². The highest BCUT2D eigenvalue weighted by molar-refractivity contribution is 5.49. The summed E-state index contributed by atoms with van der Waals surface area (Å²) in [5.41, 5.74) is 0.140. The average Bonchev–Trinajstić information content (AvgIpc) is 2.85. The van der Waals surface area contributed by atoms with Crippen molar-refractivity contribution in [3.05, 3.63) is 18.3 Å². The summed E-state index contributed by atoms with van der Waals surface area (Å²) < 4.78 is 42.0. The zero-order valence-electron chi connectivity index (χ0n) is 9.06. The zero-order valence-corrected chi connectivity index (χ0v) is 9.06. The highest BCUT2D eigenvalue weighted by Crippen LogP contribution is 2.25. The Balaban J connectivity index is 2.31. The van der Waals surface area contributed by atoms with Gasteiger partial charge in [-0.2, -0.15) is 9.78 Å². The smallest absolute Gasteiger partial charge is 0.420 e. The van der Waals surface area contributed by atoms with E-state index in [-0.39, 0.29) is 22.1 Å². The molecule has 2 aromatic rings. The lowest BCUT2D eigenvalue weighted by molar-refractivity contribution is -0.212. The van der Waals surface area contributed by atoms with E-state index in [1.807, 2.05) is 13.8 Å². The van der Waals surface area contributed by atoms with Crippen molar-refractivity contribution < 1.29 is 17.6 Å². The van der Waals surface area contributed by atoms with Gasteiger partial charge in [-0.05, 0) is 0 Å². The predicted octanol–water partition coefficient (Wildman–Crippen LogP) is 2.53. The molecule has 0 unspecified atom stereocenters. The average molecular weight is 246 g/mol. The Morgan fingerprint density at radius 3 is 2.47 bits per heavy atom. The van der Waals surface area contributed by atoms with E-state index in [1.165, 1.54) is 0 Å². The van der Waals surface area contributed by atoms with Gasteiger partial charge in [-0.1, -0.05) is 13.8 Å². The number of nitrogens with zero attached hydrogens (tertiary/aromatic N) is 4. The first-order chi connectivity index (χ1) is 7.88. The predicted molar refractivity (Wildman–Crippen MR) is 50.9 cm³/mol. The first kappa shape index (κ1) is 11.6. The van der Waals surface area contributed by atoms with Crippen LogP contribution in [0.15, 0.2) is 16.8 Å². The second-order valence-corrected chi connectivity index (χ2v) is 3.74. The van der Waals surface area contributed by atoms with E-state index in [0.29, 0.717) is 5.89 Å². The summed E-state index contributed by atoms with van der Waals surface area (Å²) in [5, 5.41) is 10.6. The summed E-state index contributed by atoms with van der Waals surface area (Å²) in [7, 11) is 0. The van der Waals surface area contributed by atoms with Gasteiger partial charge in [0.25, 0.3) is 5.89 Å². The van der Waals surface area contributed by atoms with E-state index in [0.717, 1.165) is 12.4 Å². The lowest BCUT2D eigenvalue weighted by Gasteiger charge is -2.03. The van der Waals surface area contributed by atoms with Crippen LogP contribution >= 0.6 is 0 Å². The maximum Gasteiger partial charge on any atom is 0.504 e. The van der Waals surface area contributed by atoms with E-state index in [1.54, 1.807) is 0 Å². The molecule has 0 aliphatic carbocycles. The van der Waals surface area contributed by atoms with Crippen molar-refractivity contribution in [2.24, 2.45) is 0 Å². The molecule has 92 valence electrons. The molecule has 0 aromatic carbocycles. The van der Waals surface area contributed by atoms with Gasteiger partial charge < -0.3 is 4.42 Å². The Bertz CT molecular complexity index is 514. The molecule has 0 bridgehead atoms. The van der Waals surface area contributed by atoms with Gasteiger partial charge in [-0.3, -0.25) is 0 Å². The third-order valence-electron chi connectivity index (χ3n) is 2.02.